The first kappa shape index (κ1) is 23.7. The van der Waals surface area contributed by atoms with Crippen LogP contribution in [0.3, 0.4) is 0 Å². The molecule has 34 heavy (non-hydrogen) atoms. The fourth-order valence-corrected chi connectivity index (χ4v) is 5.01. The first-order chi connectivity index (χ1) is 16.5. The fourth-order valence-electron chi connectivity index (χ4n) is 4.29. The molecule has 0 amide bonds. The zero-order valence-corrected chi connectivity index (χ0v) is 19.5. The Hall–Kier alpha value is -3.43. The van der Waals surface area contributed by atoms with Crippen LogP contribution >= 0.6 is 0 Å². The van der Waals surface area contributed by atoms with Crippen LogP contribution in [0.5, 0.6) is 11.5 Å². The maximum absolute atomic E-state index is 12.5. The molecule has 2 aromatic carbocycles. The third-order valence-corrected chi connectivity index (χ3v) is 6.48. The number of nitrogens with zero attached hydrogens (tertiary/aromatic N) is 2. The van der Waals surface area contributed by atoms with Crippen molar-refractivity contribution in [2.45, 2.75) is 32.2 Å². The lowest BCUT2D eigenvalue weighted by atomic mass is 9.87. The second-order valence-corrected chi connectivity index (χ2v) is 8.69. The third kappa shape index (κ3) is 5.21. The Morgan fingerprint density at radius 2 is 2.00 bits per heavy atom. The first-order valence-electron chi connectivity index (χ1n) is 11.0. The number of hydrogen-bond donors (Lipinski definition) is 2. The standard InChI is InChI=1S/C25H26N2O6S/c1-2-32-19-7-3-6-17(14-19)22-13-12-18(15-26-22)27(34(30)31)23-10-4-9-21-20(23)8-5-11-24(21)33-16-25(28)29/h3,5-8,11-15,23H,2,4,9-10,16H2,1H3,(H,28,29)(H,30,31). The van der Waals surface area contributed by atoms with Crippen LogP contribution in [0.15, 0.2) is 60.8 Å². The molecule has 0 bridgehead atoms. The number of fused-ring (bicyclic) bond motifs is 1. The zero-order valence-electron chi connectivity index (χ0n) is 18.7. The summed E-state index contributed by atoms with van der Waals surface area (Å²) in [7, 11) is 0. The fraction of sp³-hybridized carbons (Fsp3) is 0.280. The number of aliphatic carboxylic acids is 1. The minimum atomic E-state index is -2.30. The monoisotopic (exact) mass is 482 g/mol. The van der Waals surface area contributed by atoms with Crippen LogP contribution in [-0.4, -0.2) is 38.0 Å². The molecule has 0 fully saturated rings. The van der Waals surface area contributed by atoms with Crippen molar-refractivity contribution in [3.8, 4) is 22.8 Å². The van der Waals surface area contributed by atoms with Gasteiger partial charge in [0.15, 0.2) is 6.61 Å². The van der Waals surface area contributed by atoms with Gasteiger partial charge in [0.1, 0.15) is 11.5 Å². The highest BCUT2D eigenvalue weighted by molar-refractivity contribution is 7.80. The van der Waals surface area contributed by atoms with Gasteiger partial charge in [-0.15, -0.1) is 0 Å². The van der Waals surface area contributed by atoms with Crippen molar-refractivity contribution in [1.82, 2.24) is 4.98 Å². The maximum atomic E-state index is 12.5. The largest absolute Gasteiger partial charge is 0.494 e. The van der Waals surface area contributed by atoms with E-state index in [0.717, 1.165) is 34.6 Å². The Balaban J connectivity index is 1.64. The molecule has 3 aromatic rings. The quantitative estimate of drug-likeness (QED) is 0.428. The first-order valence-corrected chi connectivity index (χ1v) is 12.1. The molecule has 1 heterocycles. The molecule has 178 valence electrons. The highest BCUT2D eigenvalue weighted by Gasteiger charge is 2.31. The summed E-state index contributed by atoms with van der Waals surface area (Å²) in [4.78, 5) is 15.5. The number of benzene rings is 2. The van der Waals surface area contributed by atoms with Gasteiger partial charge in [0.05, 0.1) is 30.2 Å². The van der Waals surface area contributed by atoms with Gasteiger partial charge in [0.2, 0.25) is 0 Å². The van der Waals surface area contributed by atoms with Gasteiger partial charge in [-0.2, -0.15) is 0 Å². The third-order valence-electron chi connectivity index (χ3n) is 5.68. The van der Waals surface area contributed by atoms with Crippen molar-refractivity contribution in [2.24, 2.45) is 0 Å². The Labute approximate surface area is 200 Å². The molecule has 0 saturated heterocycles. The van der Waals surface area contributed by atoms with E-state index in [1.165, 1.54) is 4.31 Å². The summed E-state index contributed by atoms with van der Waals surface area (Å²) in [6, 6.07) is 16.2. The van der Waals surface area contributed by atoms with Crippen molar-refractivity contribution in [3.63, 3.8) is 0 Å². The summed E-state index contributed by atoms with van der Waals surface area (Å²) < 4.78 is 35.2. The van der Waals surface area contributed by atoms with Crippen LogP contribution in [0.1, 0.15) is 36.9 Å². The number of carbonyl (C=O) groups is 1. The molecule has 0 spiro atoms. The second kappa shape index (κ2) is 10.7. The van der Waals surface area contributed by atoms with Crippen molar-refractivity contribution in [2.75, 3.05) is 17.5 Å². The highest BCUT2D eigenvalue weighted by Crippen LogP contribution is 2.41. The smallest absolute Gasteiger partial charge is 0.341 e. The van der Waals surface area contributed by atoms with E-state index >= 15 is 0 Å². The molecular weight excluding hydrogens is 456 g/mol. The molecule has 4 rings (SSSR count). The minimum absolute atomic E-state index is 0.378. The molecule has 2 N–H and O–H groups in total. The van der Waals surface area contributed by atoms with E-state index in [1.807, 2.05) is 43.3 Å². The minimum Gasteiger partial charge on any atom is -0.494 e. The lowest BCUT2D eigenvalue weighted by molar-refractivity contribution is -0.139. The Bertz CT molecular complexity index is 1180. The lowest BCUT2D eigenvalue weighted by Crippen LogP contribution is -2.33. The van der Waals surface area contributed by atoms with Crippen molar-refractivity contribution in [1.29, 1.82) is 0 Å². The highest BCUT2D eigenvalue weighted by atomic mass is 32.2. The van der Waals surface area contributed by atoms with Crippen LogP contribution in [0.4, 0.5) is 5.69 Å². The molecule has 1 aliphatic rings. The van der Waals surface area contributed by atoms with E-state index in [2.05, 4.69) is 4.98 Å². The van der Waals surface area contributed by atoms with E-state index in [-0.39, 0.29) is 6.04 Å². The Morgan fingerprint density at radius 3 is 2.71 bits per heavy atom. The lowest BCUT2D eigenvalue weighted by Gasteiger charge is -2.34. The SMILES string of the molecule is CCOc1cccc(-c2ccc(N(C3CCCc4c(OCC(=O)O)cccc43)S(=O)O)cn2)c1. The molecule has 0 radical (unpaired) electrons. The Kier molecular flexibility index (Phi) is 7.44. The van der Waals surface area contributed by atoms with Gasteiger partial charge < -0.3 is 14.6 Å². The predicted octanol–water partition coefficient (Wildman–Crippen LogP) is 4.63. The summed E-state index contributed by atoms with van der Waals surface area (Å²) in [5.74, 6) is 0.195. The molecule has 2 unspecified atom stereocenters. The maximum Gasteiger partial charge on any atom is 0.341 e. The van der Waals surface area contributed by atoms with E-state index in [0.29, 0.717) is 30.9 Å². The normalized spacial score (nSPS) is 15.8. The van der Waals surface area contributed by atoms with Gasteiger partial charge in [-0.1, -0.05) is 24.3 Å². The van der Waals surface area contributed by atoms with Gasteiger partial charge in [-0.05, 0) is 67.6 Å². The topological polar surface area (TPSA) is 109 Å². The second-order valence-electron chi connectivity index (χ2n) is 7.83. The summed E-state index contributed by atoms with van der Waals surface area (Å²) >= 11 is -2.30. The van der Waals surface area contributed by atoms with Crippen LogP contribution < -0.4 is 13.8 Å². The van der Waals surface area contributed by atoms with Crippen LogP contribution in [0, 0.1) is 0 Å². The molecule has 1 aliphatic carbocycles. The van der Waals surface area contributed by atoms with E-state index in [1.54, 1.807) is 24.4 Å². The summed E-state index contributed by atoms with van der Waals surface area (Å²) in [6.45, 7) is 2.06. The average Bonchev–Trinajstić information content (AvgIpc) is 2.83. The van der Waals surface area contributed by atoms with E-state index < -0.39 is 23.8 Å². The number of carboxylic acid groups (broad SMARTS) is 1. The summed E-state index contributed by atoms with van der Waals surface area (Å²) in [6.07, 6.45) is 3.74. The molecule has 0 saturated carbocycles. The van der Waals surface area contributed by atoms with Gasteiger partial charge in [0, 0.05) is 5.56 Å². The van der Waals surface area contributed by atoms with Crippen molar-refractivity contribution < 1.29 is 28.1 Å². The number of rotatable bonds is 9. The number of carboxylic acids is 1. The van der Waals surface area contributed by atoms with Crippen LogP contribution in [0.25, 0.3) is 11.3 Å². The van der Waals surface area contributed by atoms with Crippen LogP contribution in [0.2, 0.25) is 0 Å². The molecule has 0 aliphatic heterocycles. The van der Waals surface area contributed by atoms with Gasteiger partial charge >= 0.3 is 5.97 Å². The molecule has 8 nitrogen and oxygen atoms in total. The number of aromatic nitrogens is 1. The average molecular weight is 483 g/mol. The van der Waals surface area contributed by atoms with Gasteiger partial charge in [-0.25, -0.2) is 9.00 Å². The van der Waals surface area contributed by atoms with Gasteiger partial charge in [0.25, 0.3) is 11.3 Å². The zero-order chi connectivity index (χ0) is 24.1. The van der Waals surface area contributed by atoms with E-state index in [9.17, 15) is 13.6 Å². The van der Waals surface area contributed by atoms with Crippen molar-refractivity contribution >= 4 is 22.9 Å². The summed E-state index contributed by atoms with van der Waals surface area (Å²) in [5, 5.41) is 8.97. The molecule has 2 atom stereocenters. The van der Waals surface area contributed by atoms with Gasteiger partial charge in [-0.3, -0.25) is 13.8 Å². The molecule has 1 aromatic heterocycles. The summed E-state index contributed by atoms with van der Waals surface area (Å²) in [5.41, 5.74) is 3.85. The number of ether oxygens (including phenoxy) is 2. The van der Waals surface area contributed by atoms with Crippen LogP contribution in [-0.2, 0) is 22.5 Å². The van der Waals surface area contributed by atoms with Crippen molar-refractivity contribution in [3.05, 3.63) is 71.9 Å². The number of pyridine rings is 1. The molecular formula is C25H26N2O6S. The number of hydrogen-bond acceptors (Lipinski definition) is 5. The molecule has 9 heteroatoms. The van der Waals surface area contributed by atoms with E-state index in [4.69, 9.17) is 14.6 Å². The predicted molar refractivity (Wildman–Crippen MR) is 129 cm³/mol. The number of anilines is 1. The Morgan fingerprint density at radius 1 is 1.18 bits per heavy atom.